The Morgan fingerprint density at radius 2 is 1.45 bits per heavy atom. The van der Waals surface area contributed by atoms with Crippen molar-refractivity contribution >= 4 is 5.97 Å². The minimum Gasteiger partial charge on any atom is -0.439 e. The number of carbonyl (C=O) groups is 1. The van der Waals surface area contributed by atoms with Crippen LogP contribution in [-0.4, -0.2) is 17.9 Å². The molecule has 0 saturated heterocycles. The fourth-order valence-corrected chi connectivity index (χ4v) is 2.13. The van der Waals surface area contributed by atoms with Crippen LogP contribution in [0.1, 0.15) is 84.0 Å². The van der Waals surface area contributed by atoms with Gasteiger partial charge in [-0.1, -0.05) is 57.6 Å². The van der Waals surface area contributed by atoms with Gasteiger partial charge in [-0.3, -0.25) is 4.79 Å². The maximum Gasteiger partial charge on any atom is 0.307 e. The summed E-state index contributed by atoms with van der Waals surface area (Å²) in [5.74, 6) is -0.296. The highest BCUT2D eigenvalue weighted by Gasteiger charge is 2.00. The molecule has 0 fully saturated rings. The van der Waals surface area contributed by atoms with Crippen LogP contribution >= 0.6 is 0 Å². The molecule has 0 aromatic heterocycles. The van der Waals surface area contributed by atoms with E-state index in [1.54, 1.807) is 0 Å². The lowest BCUT2D eigenvalue weighted by Crippen LogP contribution is -2.04. The molecule has 0 aliphatic rings. The van der Waals surface area contributed by atoms with E-state index in [4.69, 9.17) is 5.11 Å². The topological polar surface area (TPSA) is 46.5 Å². The second kappa shape index (κ2) is 16.2. The Morgan fingerprint density at radius 3 is 2.00 bits per heavy atom. The van der Waals surface area contributed by atoms with Crippen LogP contribution in [0.3, 0.4) is 0 Å². The Labute approximate surface area is 124 Å². The van der Waals surface area contributed by atoms with Crippen molar-refractivity contribution in [2.75, 3.05) is 6.79 Å². The quantitative estimate of drug-likeness (QED) is 0.217. The number of hydrogen-bond acceptors (Lipinski definition) is 3. The first-order valence-electron chi connectivity index (χ1n) is 8.22. The highest BCUT2D eigenvalue weighted by molar-refractivity contribution is 5.69. The molecule has 3 nitrogen and oxygen atoms in total. The zero-order valence-electron chi connectivity index (χ0n) is 13.1. The molecule has 0 heterocycles. The lowest BCUT2D eigenvalue weighted by atomic mass is 10.1. The van der Waals surface area contributed by atoms with Gasteiger partial charge in [0.25, 0.3) is 0 Å². The molecular weight excluding hydrogens is 252 g/mol. The second-order valence-electron chi connectivity index (χ2n) is 5.27. The maximum atomic E-state index is 11.0. The van der Waals surface area contributed by atoms with Crippen molar-refractivity contribution in [3.8, 4) is 0 Å². The average molecular weight is 284 g/mol. The van der Waals surface area contributed by atoms with E-state index in [9.17, 15) is 4.79 Å². The Kier molecular flexibility index (Phi) is 15.6. The summed E-state index contributed by atoms with van der Waals surface area (Å²) in [5, 5.41) is 8.39. The monoisotopic (exact) mass is 284 g/mol. The van der Waals surface area contributed by atoms with Crippen LogP contribution in [-0.2, 0) is 9.53 Å². The van der Waals surface area contributed by atoms with E-state index in [1.165, 1.54) is 44.9 Å². The average Bonchev–Trinajstić information content (AvgIpc) is 2.44. The zero-order chi connectivity index (χ0) is 14.9. The summed E-state index contributed by atoms with van der Waals surface area (Å²) in [6.45, 7) is 1.75. The van der Waals surface area contributed by atoms with E-state index in [1.807, 2.05) is 0 Å². The van der Waals surface area contributed by atoms with Crippen molar-refractivity contribution in [3.05, 3.63) is 12.2 Å². The Balaban J connectivity index is 3.13. The van der Waals surface area contributed by atoms with Gasteiger partial charge in [0.15, 0.2) is 6.79 Å². The molecular formula is C17H32O3. The predicted molar refractivity (Wildman–Crippen MR) is 83.4 cm³/mol. The first-order valence-corrected chi connectivity index (χ1v) is 8.22. The molecule has 20 heavy (non-hydrogen) atoms. The maximum absolute atomic E-state index is 11.0. The molecule has 0 spiro atoms. The van der Waals surface area contributed by atoms with Gasteiger partial charge in [0.2, 0.25) is 0 Å². The standard InChI is InChI=1S/C17H32O3/c1-2-3-4-5-6-7-8-9-10-11-12-13-14-15-17(19)20-16-18/h8-9,18H,2-7,10-16H2,1H3/b9-8+. The molecule has 0 unspecified atom stereocenters. The highest BCUT2D eigenvalue weighted by Crippen LogP contribution is 2.08. The van der Waals surface area contributed by atoms with Gasteiger partial charge >= 0.3 is 5.97 Å². The largest absolute Gasteiger partial charge is 0.439 e. The number of hydrogen-bond donors (Lipinski definition) is 1. The summed E-state index contributed by atoms with van der Waals surface area (Å²) in [5.41, 5.74) is 0. The molecule has 118 valence electrons. The molecule has 0 aromatic rings. The number of unbranched alkanes of at least 4 members (excludes halogenated alkanes) is 9. The highest BCUT2D eigenvalue weighted by atomic mass is 16.6. The van der Waals surface area contributed by atoms with Crippen molar-refractivity contribution in [2.24, 2.45) is 0 Å². The summed E-state index contributed by atoms with van der Waals surface area (Å²) < 4.78 is 4.45. The summed E-state index contributed by atoms with van der Waals surface area (Å²) in [4.78, 5) is 11.0. The van der Waals surface area contributed by atoms with Crippen molar-refractivity contribution in [1.29, 1.82) is 0 Å². The summed E-state index contributed by atoms with van der Waals surface area (Å²) in [6, 6.07) is 0. The minimum absolute atomic E-state index is 0.296. The molecule has 0 aliphatic heterocycles. The first kappa shape index (κ1) is 19.2. The molecule has 0 saturated carbocycles. The van der Waals surface area contributed by atoms with Gasteiger partial charge < -0.3 is 9.84 Å². The normalized spacial score (nSPS) is 11.1. The SMILES string of the molecule is CCCCCCC/C=C/CCCCCCC(=O)OCO. The molecule has 0 aromatic carbocycles. The van der Waals surface area contributed by atoms with Gasteiger partial charge in [0, 0.05) is 6.42 Å². The number of ether oxygens (including phenoxy) is 1. The third kappa shape index (κ3) is 15.2. The second-order valence-corrected chi connectivity index (χ2v) is 5.27. The number of aliphatic hydroxyl groups is 1. The van der Waals surface area contributed by atoms with Crippen molar-refractivity contribution in [2.45, 2.75) is 84.0 Å². The lowest BCUT2D eigenvalue weighted by Gasteiger charge is -2.00. The van der Waals surface area contributed by atoms with Gasteiger partial charge in [-0.25, -0.2) is 0 Å². The van der Waals surface area contributed by atoms with Gasteiger partial charge in [0.05, 0.1) is 0 Å². The van der Waals surface area contributed by atoms with Crippen LogP contribution in [0.4, 0.5) is 0 Å². The summed E-state index contributed by atoms with van der Waals surface area (Å²) in [7, 11) is 0. The smallest absolute Gasteiger partial charge is 0.307 e. The predicted octanol–water partition coefficient (Wildman–Crippen LogP) is 4.74. The van der Waals surface area contributed by atoms with Gasteiger partial charge in [-0.05, 0) is 32.1 Å². The third-order valence-corrected chi connectivity index (χ3v) is 3.37. The van der Waals surface area contributed by atoms with Crippen LogP contribution in [0.15, 0.2) is 12.2 Å². The zero-order valence-corrected chi connectivity index (χ0v) is 13.1. The van der Waals surface area contributed by atoms with E-state index in [0.717, 1.165) is 25.7 Å². The number of aliphatic hydroxyl groups excluding tert-OH is 1. The number of rotatable bonds is 14. The molecule has 0 atom stereocenters. The van der Waals surface area contributed by atoms with Crippen LogP contribution in [0.5, 0.6) is 0 Å². The van der Waals surface area contributed by atoms with E-state index >= 15 is 0 Å². The molecule has 0 amide bonds. The fourth-order valence-electron chi connectivity index (χ4n) is 2.13. The summed E-state index contributed by atoms with van der Waals surface area (Å²) >= 11 is 0. The molecule has 0 radical (unpaired) electrons. The van der Waals surface area contributed by atoms with E-state index < -0.39 is 6.79 Å². The third-order valence-electron chi connectivity index (χ3n) is 3.37. The van der Waals surface area contributed by atoms with Crippen molar-refractivity contribution < 1.29 is 14.6 Å². The van der Waals surface area contributed by atoms with E-state index in [2.05, 4.69) is 23.8 Å². The fraction of sp³-hybridized carbons (Fsp3) is 0.824. The minimum atomic E-state index is -0.498. The van der Waals surface area contributed by atoms with E-state index in [-0.39, 0.29) is 5.97 Å². The number of allylic oxidation sites excluding steroid dienone is 2. The molecule has 0 bridgehead atoms. The number of esters is 1. The Hall–Kier alpha value is -0.830. The Morgan fingerprint density at radius 1 is 0.900 bits per heavy atom. The van der Waals surface area contributed by atoms with Gasteiger partial charge in [0.1, 0.15) is 0 Å². The van der Waals surface area contributed by atoms with Gasteiger partial charge in [-0.15, -0.1) is 0 Å². The van der Waals surface area contributed by atoms with Crippen molar-refractivity contribution in [1.82, 2.24) is 0 Å². The van der Waals surface area contributed by atoms with Crippen molar-refractivity contribution in [3.63, 3.8) is 0 Å². The van der Waals surface area contributed by atoms with Crippen LogP contribution in [0.2, 0.25) is 0 Å². The molecule has 3 heteroatoms. The van der Waals surface area contributed by atoms with E-state index in [0.29, 0.717) is 6.42 Å². The van der Waals surface area contributed by atoms with Crippen LogP contribution in [0, 0.1) is 0 Å². The molecule has 0 aliphatic carbocycles. The van der Waals surface area contributed by atoms with Crippen LogP contribution < -0.4 is 0 Å². The lowest BCUT2D eigenvalue weighted by molar-refractivity contribution is -0.151. The van der Waals surface area contributed by atoms with Gasteiger partial charge in [-0.2, -0.15) is 0 Å². The van der Waals surface area contributed by atoms with Crippen LogP contribution in [0.25, 0.3) is 0 Å². The molecule has 1 N–H and O–H groups in total. The molecule has 0 rings (SSSR count). The number of carbonyl (C=O) groups excluding carboxylic acids is 1. The first-order chi connectivity index (χ1) is 9.81. The summed E-state index contributed by atoms with van der Waals surface area (Å²) in [6.07, 6.45) is 18.4. The Bertz CT molecular complexity index is 236.